The number of aryl methyl sites for hydroxylation is 1. The molecule has 2 fully saturated rings. The van der Waals surface area contributed by atoms with Gasteiger partial charge in [0.15, 0.2) is 11.2 Å². The molecule has 0 aromatic carbocycles. The fraction of sp³-hybridized carbons (Fsp3) is 0.737. The first-order chi connectivity index (χ1) is 18.5. The van der Waals surface area contributed by atoms with Crippen LogP contribution in [0.4, 0.5) is 0 Å². The van der Waals surface area contributed by atoms with Crippen molar-refractivity contribution in [3.8, 4) is 0 Å². The summed E-state index contributed by atoms with van der Waals surface area (Å²) >= 11 is 0. The van der Waals surface area contributed by atoms with E-state index in [9.17, 15) is 43.3 Å². The zero-order valence-electron chi connectivity index (χ0n) is 21.4. The van der Waals surface area contributed by atoms with Crippen molar-refractivity contribution >= 4 is 34.6 Å². The van der Waals surface area contributed by atoms with Crippen LogP contribution in [0.5, 0.6) is 0 Å². The molecule has 0 aliphatic heterocycles. The quantitative estimate of drug-likeness (QED) is 0.163. The van der Waals surface area contributed by atoms with Gasteiger partial charge in [0.25, 0.3) is 5.56 Å². The number of nitrogens with zero attached hydrogens (tertiary/aromatic N) is 4. The number of phosphoric ester groups is 1. The molecule has 2 unspecified atom stereocenters. The molecule has 21 heteroatoms. The first kappa shape index (κ1) is 31.4. The highest BCUT2D eigenvalue weighted by Gasteiger charge is 2.75. The van der Waals surface area contributed by atoms with Crippen LogP contribution < -0.4 is 11.2 Å². The summed E-state index contributed by atoms with van der Waals surface area (Å²) in [5.74, 6) is -0.945. The number of aliphatic hydroxyl groups excluding tert-OH is 2. The van der Waals surface area contributed by atoms with Gasteiger partial charge in [-0.15, -0.1) is 0 Å². The van der Waals surface area contributed by atoms with Gasteiger partial charge in [-0.05, 0) is 19.3 Å². The molecule has 2 aromatic rings. The minimum Gasteiger partial charge on any atom is -0.388 e. The molecule has 6 N–H and O–H groups in total. The molecule has 2 saturated carbocycles. The Morgan fingerprint density at radius 2 is 1.57 bits per heavy atom. The topological polar surface area (TPSA) is 262 Å². The van der Waals surface area contributed by atoms with Crippen LogP contribution in [0.2, 0.25) is 0 Å². The fourth-order valence-corrected chi connectivity index (χ4v) is 8.63. The van der Waals surface area contributed by atoms with E-state index in [4.69, 9.17) is 14.3 Å². The van der Waals surface area contributed by atoms with Crippen molar-refractivity contribution in [1.82, 2.24) is 18.7 Å². The number of hydrogen-bond acceptors (Lipinski definition) is 11. The molecular weight excluding hydrogens is 601 g/mol. The van der Waals surface area contributed by atoms with Gasteiger partial charge < -0.3 is 34.4 Å². The van der Waals surface area contributed by atoms with Gasteiger partial charge in [-0.1, -0.05) is 26.7 Å². The van der Waals surface area contributed by atoms with E-state index >= 15 is 0 Å². The normalized spacial score (nSPS) is 29.3. The lowest BCUT2D eigenvalue weighted by Crippen LogP contribution is -2.42. The standard InChI is InChI=1S/C19H31N4O14P3/c1-3-5-7-21-16-13(17(26)22(18(21)27)8-6-4-2)23(10-20-16)12-11-9-19(11,15(25)14(12)24)35-39(31,32)37-40(33,34)36-38(28,29)30/h10-12,14-15,24-25H,3-9H2,1-2H3,(H,31,32)(H,33,34)(H2,28,29,30)/t11-,12-,14+,15+,19+/m1/s1. The first-order valence-electron chi connectivity index (χ1n) is 12.4. The van der Waals surface area contributed by atoms with Crippen molar-refractivity contribution in [2.45, 2.75) is 82.9 Å². The van der Waals surface area contributed by atoms with Gasteiger partial charge in [0, 0.05) is 19.0 Å². The van der Waals surface area contributed by atoms with E-state index in [0.29, 0.717) is 19.3 Å². The molecule has 0 amide bonds. The molecule has 0 saturated heterocycles. The van der Waals surface area contributed by atoms with Crippen LogP contribution in [0.25, 0.3) is 11.2 Å². The minimum absolute atomic E-state index is 0.0379. The molecule has 18 nitrogen and oxygen atoms in total. The van der Waals surface area contributed by atoms with Gasteiger partial charge in [-0.3, -0.25) is 18.5 Å². The van der Waals surface area contributed by atoms with Gasteiger partial charge in [-0.25, -0.2) is 23.5 Å². The Morgan fingerprint density at radius 3 is 2.15 bits per heavy atom. The van der Waals surface area contributed by atoms with Crippen LogP contribution in [0.3, 0.4) is 0 Å². The first-order valence-corrected chi connectivity index (χ1v) is 16.9. The highest BCUT2D eigenvalue weighted by molar-refractivity contribution is 7.66. The highest BCUT2D eigenvalue weighted by Crippen LogP contribution is 2.73. The lowest BCUT2D eigenvalue weighted by molar-refractivity contribution is -0.0528. The summed E-state index contributed by atoms with van der Waals surface area (Å²) in [6.07, 6.45) is 0.0822. The molecule has 2 aromatic heterocycles. The molecular formula is C19H31N4O14P3. The van der Waals surface area contributed by atoms with E-state index in [1.165, 1.54) is 15.5 Å². The van der Waals surface area contributed by atoms with E-state index in [0.717, 1.165) is 11.0 Å². The van der Waals surface area contributed by atoms with E-state index in [1.807, 2.05) is 13.8 Å². The third-order valence-electron chi connectivity index (χ3n) is 7.03. The Kier molecular flexibility index (Phi) is 8.60. The molecule has 7 atom stereocenters. The minimum atomic E-state index is -5.81. The zero-order chi connectivity index (χ0) is 29.8. The molecule has 0 spiro atoms. The van der Waals surface area contributed by atoms with Crippen molar-refractivity contribution in [3.63, 3.8) is 0 Å². The van der Waals surface area contributed by atoms with Crippen LogP contribution in [-0.4, -0.2) is 66.3 Å². The van der Waals surface area contributed by atoms with Crippen LogP contribution >= 0.6 is 23.5 Å². The Bertz CT molecular complexity index is 1550. The Hall–Kier alpha value is -1.52. The largest absolute Gasteiger partial charge is 0.490 e. The van der Waals surface area contributed by atoms with Gasteiger partial charge in [0.05, 0.1) is 12.4 Å². The zero-order valence-corrected chi connectivity index (χ0v) is 24.1. The third kappa shape index (κ3) is 5.87. The Labute approximate surface area is 226 Å². The number of hydrogen-bond donors (Lipinski definition) is 6. The highest BCUT2D eigenvalue weighted by atomic mass is 31.3. The predicted octanol–water partition coefficient (Wildman–Crippen LogP) is 0.338. The summed E-state index contributed by atoms with van der Waals surface area (Å²) in [4.78, 5) is 67.8. The maximum atomic E-state index is 13.5. The lowest BCUT2D eigenvalue weighted by atomic mass is 10.1. The van der Waals surface area contributed by atoms with Crippen LogP contribution in [-0.2, 0) is 39.9 Å². The van der Waals surface area contributed by atoms with Crippen molar-refractivity contribution in [1.29, 1.82) is 0 Å². The second-order valence-electron chi connectivity index (χ2n) is 9.80. The van der Waals surface area contributed by atoms with Gasteiger partial charge in [-0.2, -0.15) is 8.62 Å². The summed E-state index contributed by atoms with van der Waals surface area (Å²) in [5, 5.41) is 21.7. The van der Waals surface area contributed by atoms with Gasteiger partial charge in [0.2, 0.25) is 0 Å². The number of aromatic nitrogens is 4. The molecule has 0 bridgehead atoms. The number of aliphatic hydroxyl groups is 2. The SMILES string of the molecule is CCCCn1c(=O)c2c(ncn2[C@H]2[C@H](O)[C@H](O)[C@]3(OP(=O)(O)OP(=O)(O)OP(=O)(O)O)C[C@H]23)n(CCCC)c1=O. The number of unbranched alkanes of at least 4 members (excludes halogenated alkanes) is 2. The molecule has 226 valence electrons. The molecule has 4 rings (SSSR count). The second kappa shape index (κ2) is 11.0. The van der Waals surface area contributed by atoms with Crippen LogP contribution in [0.1, 0.15) is 52.0 Å². The fourth-order valence-electron chi connectivity index (χ4n) is 5.24. The number of fused-ring (bicyclic) bond motifs is 2. The Morgan fingerprint density at radius 1 is 0.975 bits per heavy atom. The molecule has 40 heavy (non-hydrogen) atoms. The molecule has 2 heterocycles. The lowest BCUT2D eigenvalue weighted by Gasteiger charge is -2.25. The summed E-state index contributed by atoms with van der Waals surface area (Å²) in [7, 11) is -17.1. The smallest absolute Gasteiger partial charge is 0.388 e. The maximum Gasteiger partial charge on any atom is 0.490 e. The average Bonchev–Trinajstić information content (AvgIpc) is 3.25. The predicted molar refractivity (Wildman–Crippen MR) is 135 cm³/mol. The van der Waals surface area contributed by atoms with E-state index < -0.39 is 64.5 Å². The van der Waals surface area contributed by atoms with Gasteiger partial charge in [0.1, 0.15) is 17.8 Å². The number of phosphoric acid groups is 3. The molecule has 0 radical (unpaired) electrons. The van der Waals surface area contributed by atoms with E-state index in [1.54, 1.807) is 0 Å². The summed E-state index contributed by atoms with van der Waals surface area (Å²) in [5.41, 5.74) is -3.19. The van der Waals surface area contributed by atoms with E-state index in [2.05, 4.69) is 13.6 Å². The number of rotatable bonds is 13. The van der Waals surface area contributed by atoms with Crippen molar-refractivity contribution in [2.75, 3.05) is 0 Å². The van der Waals surface area contributed by atoms with Crippen molar-refractivity contribution in [2.24, 2.45) is 5.92 Å². The molecule has 2 aliphatic rings. The van der Waals surface area contributed by atoms with Crippen molar-refractivity contribution in [3.05, 3.63) is 27.2 Å². The van der Waals surface area contributed by atoms with Crippen molar-refractivity contribution < 1.29 is 56.6 Å². The third-order valence-corrected chi connectivity index (χ3v) is 10.9. The monoisotopic (exact) mass is 632 g/mol. The maximum absolute atomic E-state index is 13.5. The van der Waals surface area contributed by atoms with E-state index in [-0.39, 0.29) is 30.7 Å². The second-order valence-corrected chi connectivity index (χ2v) is 14.1. The summed E-state index contributed by atoms with van der Waals surface area (Å²) in [6, 6.07) is -1.14. The van der Waals surface area contributed by atoms with Crippen LogP contribution in [0.15, 0.2) is 15.9 Å². The van der Waals surface area contributed by atoms with Crippen LogP contribution in [0, 0.1) is 5.92 Å². The van der Waals surface area contributed by atoms with Gasteiger partial charge >= 0.3 is 29.2 Å². The summed E-state index contributed by atoms with van der Waals surface area (Å²) < 4.78 is 51.3. The summed E-state index contributed by atoms with van der Waals surface area (Å²) in [6.45, 7) is 4.22. The Balaban J connectivity index is 1.71. The molecule has 2 aliphatic carbocycles. The number of imidazole rings is 1. The average molecular weight is 632 g/mol.